The van der Waals surface area contributed by atoms with Gasteiger partial charge >= 0.3 is 0 Å². The average molecular weight is 412 g/mol. The molecular formula is C24H33N3O3. The Morgan fingerprint density at radius 1 is 1.13 bits per heavy atom. The number of hydrogen-bond donors (Lipinski definition) is 2. The maximum atomic E-state index is 12.7. The predicted octanol–water partition coefficient (Wildman–Crippen LogP) is 3.71. The lowest BCUT2D eigenvalue weighted by atomic mass is 9.90. The molecule has 2 amide bonds. The van der Waals surface area contributed by atoms with E-state index in [9.17, 15) is 9.59 Å². The molecule has 0 saturated carbocycles. The summed E-state index contributed by atoms with van der Waals surface area (Å²) in [6.07, 6.45) is 6.67. The first kappa shape index (κ1) is 20.9. The molecule has 2 saturated heterocycles. The summed E-state index contributed by atoms with van der Waals surface area (Å²) in [6, 6.07) is 8.68. The Balaban J connectivity index is 1.27. The van der Waals surface area contributed by atoms with Gasteiger partial charge < -0.3 is 15.1 Å². The second-order valence-corrected chi connectivity index (χ2v) is 9.86. The summed E-state index contributed by atoms with van der Waals surface area (Å²) in [4.78, 5) is 27.4. The Labute approximate surface area is 178 Å². The summed E-state index contributed by atoms with van der Waals surface area (Å²) in [6.45, 7) is 7.57. The summed E-state index contributed by atoms with van der Waals surface area (Å²) in [7, 11) is 0. The van der Waals surface area contributed by atoms with Crippen LogP contribution in [-0.4, -0.2) is 47.4 Å². The van der Waals surface area contributed by atoms with Gasteiger partial charge in [-0.1, -0.05) is 18.2 Å². The SMILES string of the molecule is CC(C)(C)NC(=O)CCN1[C@@H]2CC[C@H]1C[C@H](CNC(=O)c1coc3ccccc13)C2. The Kier molecular flexibility index (Phi) is 5.87. The van der Waals surface area contributed by atoms with Crippen LogP contribution in [0.25, 0.3) is 11.0 Å². The minimum Gasteiger partial charge on any atom is -0.463 e. The number of fused-ring (bicyclic) bond motifs is 3. The quantitative estimate of drug-likeness (QED) is 0.760. The van der Waals surface area contributed by atoms with Crippen molar-refractivity contribution in [1.29, 1.82) is 0 Å². The van der Waals surface area contributed by atoms with Crippen molar-refractivity contribution in [2.24, 2.45) is 5.92 Å². The molecule has 162 valence electrons. The Hall–Kier alpha value is -2.34. The minimum atomic E-state index is -0.179. The number of hydrogen-bond acceptors (Lipinski definition) is 4. The van der Waals surface area contributed by atoms with Crippen molar-refractivity contribution in [2.75, 3.05) is 13.1 Å². The number of furan rings is 1. The van der Waals surface area contributed by atoms with Gasteiger partial charge in [-0.15, -0.1) is 0 Å². The molecule has 2 aliphatic heterocycles. The zero-order valence-electron chi connectivity index (χ0n) is 18.2. The van der Waals surface area contributed by atoms with E-state index in [4.69, 9.17) is 4.42 Å². The van der Waals surface area contributed by atoms with E-state index in [2.05, 4.69) is 15.5 Å². The lowest BCUT2D eigenvalue weighted by Gasteiger charge is -2.39. The van der Waals surface area contributed by atoms with Crippen LogP contribution in [0.1, 0.15) is 63.2 Å². The van der Waals surface area contributed by atoms with Crippen LogP contribution in [0.3, 0.4) is 0 Å². The van der Waals surface area contributed by atoms with Gasteiger partial charge in [-0.3, -0.25) is 14.5 Å². The molecule has 0 spiro atoms. The van der Waals surface area contributed by atoms with Gasteiger partial charge in [-0.05, 0) is 58.4 Å². The summed E-state index contributed by atoms with van der Waals surface area (Å²) in [5.74, 6) is 0.557. The maximum absolute atomic E-state index is 12.7. The highest BCUT2D eigenvalue weighted by molar-refractivity contribution is 6.05. The van der Waals surface area contributed by atoms with Crippen molar-refractivity contribution >= 4 is 22.8 Å². The van der Waals surface area contributed by atoms with Crippen molar-refractivity contribution in [1.82, 2.24) is 15.5 Å². The first-order valence-electron chi connectivity index (χ1n) is 11.1. The first-order valence-corrected chi connectivity index (χ1v) is 11.1. The van der Waals surface area contributed by atoms with Gasteiger partial charge in [-0.25, -0.2) is 0 Å². The second kappa shape index (κ2) is 8.42. The predicted molar refractivity (Wildman–Crippen MR) is 117 cm³/mol. The molecule has 0 aliphatic carbocycles. The van der Waals surface area contributed by atoms with Crippen LogP contribution in [0.5, 0.6) is 0 Å². The number of piperidine rings is 1. The highest BCUT2D eigenvalue weighted by Gasteiger charge is 2.40. The van der Waals surface area contributed by atoms with Gasteiger partial charge in [0, 0.05) is 42.5 Å². The molecule has 4 rings (SSSR count). The smallest absolute Gasteiger partial charge is 0.255 e. The fraction of sp³-hybridized carbons (Fsp3) is 0.583. The molecule has 2 aromatic rings. The van der Waals surface area contributed by atoms with Gasteiger partial charge in [0.25, 0.3) is 5.91 Å². The van der Waals surface area contributed by atoms with Gasteiger partial charge in [0.15, 0.2) is 0 Å². The van der Waals surface area contributed by atoms with Crippen molar-refractivity contribution < 1.29 is 14.0 Å². The van der Waals surface area contributed by atoms with Crippen molar-refractivity contribution in [3.8, 4) is 0 Å². The molecule has 0 unspecified atom stereocenters. The summed E-state index contributed by atoms with van der Waals surface area (Å²) in [5, 5.41) is 7.04. The fourth-order valence-corrected chi connectivity index (χ4v) is 5.12. The standard InChI is InChI=1S/C24H33N3O3/c1-24(2,3)26-22(28)10-11-27-17-8-9-18(27)13-16(12-17)14-25-23(29)20-15-30-21-7-5-4-6-19(20)21/h4-7,15-18H,8-14H2,1-3H3,(H,25,29)(H,26,28)/t16-,17-,18+. The lowest BCUT2D eigenvalue weighted by Crippen LogP contribution is -2.47. The number of benzene rings is 1. The second-order valence-electron chi connectivity index (χ2n) is 9.86. The molecule has 0 radical (unpaired) electrons. The Morgan fingerprint density at radius 3 is 2.53 bits per heavy atom. The number of carbonyl (C=O) groups excluding carboxylic acids is 2. The van der Waals surface area contributed by atoms with Crippen LogP contribution < -0.4 is 10.6 Å². The summed E-state index contributed by atoms with van der Waals surface area (Å²) in [5.41, 5.74) is 1.17. The van der Waals surface area contributed by atoms with Gasteiger partial charge in [0.1, 0.15) is 11.8 Å². The molecule has 6 nitrogen and oxygen atoms in total. The molecular weight excluding hydrogens is 378 g/mol. The van der Waals surface area contributed by atoms with Crippen LogP contribution >= 0.6 is 0 Å². The lowest BCUT2D eigenvalue weighted by molar-refractivity contribution is -0.123. The van der Waals surface area contributed by atoms with Crippen LogP contribution in [0.2, 0.25) is 0 Å². The molecule has 2 N–H and O–H groups in total. The van der Waals surface area contributed by atoms with Gasteiger partial charge in [0.05, 0.1) is 5.56 Å². The molecule has 2 fully saturated rings. The van der Waals surface area contributed by atoms with E-state index in [1.54, 1.807) is 6.26 Å². The van der Waals surface area contributed by atoms with E-state index < -0.39 is 0 Å². The third kappa shape index (κ3) is 4.69. The van der Waals surface area contributed by atoms with E-state index in [0.717, 1.165) is 30.4 Å². The van der Waals surface area contributed by atoms with Crippen LogP contribution in [0.15, 0.2) is 34.9 Å². The van der Waals surface area contributed by atoms with Crippen LogP contribution in [0.4, 0.5) is 0 Å². The minimum absolute atomic E-state index is 0.0615. The Bertz CT molecular complexity index is 900. The van der Waals surface area contributed by atoms with Crippen molar-refractivity contribution in [2.45, 2.75) is 70.5 Å². The van der Waals surface area contributed by atoms with Gasteiger partial charge in [-0.2, -0.15) is 0 Å². The zero-order chi connectivity index (χ0) is 21.3. The maximum Gasteiger partial charge on any atom is 0.255 e. The van der Waals surface area contributed by atoms with Crippen LogP contribution in [0, 0.1) is 5.92 Å². The molecule has 2 aliphatic rings. The van der Waals surface area contributed by atoms with E-state index in [1.807, 2.05) is 45.0 Å². The zero-order valence-corrected chi connectivity index (χ0v) is 18.2. The molecule has 3 heterocycles. The number of nitrogens with one attached hydrogen (secondary N) is 2. The first-order chi connectivity index (χ1) is 14.3. The molecule has 3 atom stereocenters. The van der Waals surface area contributed by atoms with E-state index >= 15 is 0 Å². The van der Waals surface area contributed by atoms with E-state index in [1.165, 1.54) is 12.8 Å². The number of amides is 2. The largest absolute Gasteiger partial charge is 0.463 e. The monoisotopic (exact) mass is 411 g/mol. The Morgan fingerprint density at radius 2 is 1.83 bits per heavy atom. The van der Waals surface area contributed by atoms with Crippen LogP contribution in [-0.2, 0) is 4.79 Å². The molecule has 6 heteroatoms. The average Bonchev–Trinajstić information content (AvgIpc) is 3.21. The number of nitrogens with zero attached hydrogens (tertiary/aromatic N) is 1. The summed E-state index contributed by atoms with van der Waals surface area (Å²) < 4.78 is 5.50. The third-order valence-electron chi connectivity index (χ3n) is 6.37. The fourth-order valence-electron chi connectivity index (χ4n) is 5.12. The third-order valence-corrected chi connectivity index (χ3v) is 6.37. The van der Waals surface area contributed by atoms with Crippen molar-refractivity contribution in [3.63, 3.8) is 0 Å². The van der Waals surface area contributed by atoms with Crippen molar-refractivity contribution in [3.05, 3.63) is 36.1 Å². The summed E-state index contributed by atoms with van der Waals surface area (Å²) >= 11 is 0. The highest BCUT2D eigenvalue weighted by atomic mass is 16.3. The number of carbonyl (C=O) groups is 2. The number of rotatable bonds is 6. The number of para-hydroxylation sites is 1. The molecule has 30 heavy (non-hydrogen) atoms. The molecule has 1 aromatic heterocycles. The molecule has 1 aromatic carbocycles. The van der Waals surface area contributed by atoms with Gasteiger partial charge in [0.2, 0.25) is 5.91 Å². The topological polar surface area (TPSA) is 74.6 Å². The molecule has 2 bridgehead atoms. The van der Waals surface area contributed by atoms with E-state index in [-0.39, 0.29) is 17.4 Å². The van der Waals surface area contributed by atoms with E-state index in [0.29, 0.717) is 36.5 Å². The highest BCUT2D eigenvalue weighted by Crippen LogP contribution is 2.38. The normalized spacial score (nSPS) is 24.2.